The molecule has 0 spiro atoms. The minimum atomic E-state index is 0.897. The first-order valence-electron chi connectivity index (χ1n) is 4.01. The summed E-state index contributed by atoms with van der Waals surface area (Å²) < 4.78 is 1.06. The summed E-state index contributed by atoms with van der Waals surface area (Å²) in [6.07, 6.45) is 2.49. The highest BCUT2D eigenvalue weighted by atomic mass is 32.2. The summed E-state index contributed by atoms with van der Waals surface area (Å²) in [7, 11) is 1.86. The molecule has 0 aliphatic rings. The van der Waals surface area contributed by atoms with E-state index in [9.17, 15) is 0 Å². The van der Waals surface area contributed by atoms with Crippen LogP contribution in [0.4, 0.5) is 5.13 Å². The third-order valence-electron chi connectivity index (χ3n) is 1.34. The normalized spacial score (nSPS) is 10.2. The van der Waals surface area contributed by atoms with Gasteiger partial charge in [0.15, 0.2) is 4.34 Å². The van der Waals surface area contributed by atoms with Gasteiger partial charge in [0, 0.05) is 12.8 Å². The maximum Gasteiger partial charge on any atom is 0.206 e. The number of rotatable bonds is 5. The molecule has 3 nitrogen and oxygen atoms in total. The fourth-order valence-electron chi connectivity index (χ4n) is 0.673. The van der Waals surface area contributed by atoms with Gasteiger partial charge in [0.25, 0.3) is 0 Å². The molecule has 0 radical (unpaired) electrons. The molecule has 0 amide bonds. The quantitative estimate of drug-likeness (QED) is 0.589. The van der Waals surface area contributed by atoms with Gasteiger partial charge < -0.3 is 5.32 Å². The van der Waals surface area contributed by atoms with Gasteiger partial charge >= 0.3 is 0 Å². The summed E-state index contributed by atoms with van der Waals surface area (Å²) in [4.78, 5) is 0. The van der Waals surface area contributed by atoms with E-state index in [-0.39, 0.29) is 0 Å². The Morgan fingerprint density at radius 1 is 1.50 bits per heavy atom. The second kappa shape index (κ2) is 5.37. The molecule has 12 heavy (non-hydrogen) atoms. The Bertz CT molecular complexity index is 224. The first kappa shape index (κ1) is 9.80. The van der Waals surface area contributed by atoms with Crippen LogP contribution in [0.2, 0.25) is 0 Å². The van der Waals surface area contributed by atoms with Crippen molar-refractivity contribution in [3.8, 4) is 0 Å². The van der Waals surface area contributed by atoms with E-state index in [0.717, 1.165) is 15.2 Å². The van der Waals surface area contributed by atoms with Gasteiger partial charge in [0.1, 0.15) is 0 Å². The second-order valence-electron chi connectivity index (χ2n) is 2.33. The van der Waals surface area contributed by atoms with Gasteiger partial charge in [0.05, 0.1) is 0 Å². The predicted molar refractivity (Wildman–Crippen MR) is 55.1 cm³/mol. The minimum absolute atomic E-state index is 0.897. The first-order valence-corrected chi connectivity index (χ1v) is 5.81. The van der Waals surface area contributed by atoms with Gasteiger partial charge in [-0.25, -0.2) is 0 Å². The molecule has 0 atom stereocenters. The number of hydrogen-bond donors (Lipinski definition) is 1. The average Bonchev–Trinajstić information content (AvgIpc) is 2.53. The van der Waals surface area contributed by atoms with Crippen molar-refractivity contribution >= 4 is 28.2 Å². The zero-order chi connectivity index (χ0) is 8.81. The maximum absolute atomic E-state index is 4.03. The Labute approximate surface area is 81.0 Å². The van der Waals surface area contributed by atoms with Crippen LogP contribution in [0.5, 0.6) is 0 Å². The molecule has 1 rings (SSSR count). The highest BCUT2D eigenvalue weighted by Crippen LogP contribution is 2.25. The van der Waals surface area contributed by atoms with Crippen molar-refractivity contribution in [3.05, 3.63) is 0 Å². The monoisotopic (exact) mass is 203 g/mol. The van der Waals surface area contributed by atoms with Gasteiger partial charge in [-0.05, 0) is 6.42 Å². The smallest absolute Gasteiger partial charge is 0.206 e. The third-order valence-corrected chi connectivity index (χ3v) is 3.50. The molecule has 1 aromatic rings. The van der Waals surface area contributed by atoms with E-state index in [1.807, 2.05) is 7.05 Å². The molecule has 0 saturated carbocycles. The summed E-state index contributed by atoms with van der Waals surface area (Å²) in [5.41, 5.74) is 0. The van der Waals surface area contributed by atoms with Crippen molar-refractivity contribution in [1.82, 2.24) is 10.2 Å². The number of thioether (sulfide) groups is 1. The van der Waals surface area contributed by atoms with Crippen LogP contribution >= 0.6 is 23.1 Å². The van der Waals surface area contributed by atoms with Crippen molar-refractivity contribution in [2.75, 3.05) is 18.1 Å². The highest BCUT2D eigenvalue weighted by molar-refractivity contribution is 8.01. The van der Waals surface area contributed by atoms with Crippen LogP contribution in [0, 0.1) is 0 Å². The third kappa shape index (κ3) is 2.98. The van der Waals surface area contributed by atoms with Crippen LogP contribution in [0.1, 0.15) is 19.8 Å². The molecule has 0 unspecified atom stereocenters. The molecule has 0 fully saturated rings. The Balaban J connectivity index is 2.31. The van der Waals surface area contributed by atoms with Crippen LogP contribution in [0.25, 0.3) is 0 Å². The largest absolute Gasteiger partial charge is 0.363 e. The fourth-order valence-corrected chi connectivity index (χ4v) is 2.53. The van der Waals surface area contributed by atoms with Gasteiger partial charge in [-0.15, -0.1) is 10.2 Å². The number of hydrogen-bond acceptors (Lipinski definition) is 5. The van der Waals surface area contributed by atoms with Crippen LogP contribution in [0.15, 0.2) is 4.34 Å². The number of anilines is 1. The molecule has 5 heteroatoms. The van der Waals surface area contributed by atoms with E-state index in [1.54, 1.807) is 23.1 Å². The zero-order valence-electron chi connectivity index (χ0n) is 7.33. The fraction of sp³-hybridized carbons (Fsp3) is 0.714. The Morgan fingerprint density at radius 2 is 2.33 bits per heavy atom. The van der Waals surface area contributed by atoms with E-state index in [1.165, 1.54) is 12.8 Å². The number of nitrogens with one attached hydrogen (secondary N) is 1. The SMILES string of the molecule is CCCCSc1nnc(NC)s1. The number of nitrogens with zero attached hydrogens (tertiary/aromatic N) is 2. The van der Waals surface area contributed by atoms with Crippen molar-refractivity contribution in [3.63, 3.8) is 0 Å². The lowest BCUT2D eigenvalue weighted by atomic mass is 10.4. The molecule has 68 valence electrons. The first-order chi connectivity index (χ1) is 5.86. The standard InChI is InChI=1S/C7H13N3S2/c1-3-4-5-11-7-10-9-6(8-2)12-7/h3-5H2,1-2H3,(H,8,9). The molecule has 0 aromatic carbocycles. The summed E-state index contributed by atoms with van der Waals surface area (Å²) in [6.45, 7) is 2.19. The van der Waals surface area contributed by atoms with Crippen molar-refractivity contribution in [1.29, 1.82) is 0 Å². The van der Waals surface area contributed by atoms with E-state index < -0.39 is 0 Å². The van der Waals surface area contributed by atoms with E-state index in [4.69, 9.17) is 0 Å². The van der Waals surface area contributed by atoms with Crippen molar-refractivity contribution in [2.45, 2.75) is 24.1 Å². The van der Waals surface area contributed by atoms with Crippen molar-refractivity contribution in [2.24, 2.45) is 0 Å². The summed E-state index contributed by atoms with van der Waals surface area (Å²) in [5, 5.41) is 11.8. The molecule has 0 saturated heterocycles. The minimum Gasteiger partial charge on any atom is -0.363 e. The molecule has 1 aromatic heterocycles. The molecule has 0 bridgehead atoms. The summed E-state index contributed by atoms with van der Waals surface area (Å²) in [6, 6.07) is 0. The second-order valence-corrected chi connectivity index (χ2v) is 4.64. The Hall–Kier alpha value is -0.290. The topological polar surface area (TPSA) is 37.8 Å². The molecule has 1 heterocycles. The van der Waals surface area contributed by atoms with E-state index in [2.05, 4.69) is 22.4 Å². The zero-order valence-corrected chi connectivity index (χ0v) is 8.97. The van der Waals surface area contributed by atoms with Crippen LogP contribution in [-0.2, 0) is 0 Å². The van der Waals surface area contributed by atoms with Gasteiger partial charge in [-0.1, -0.05) is 36.4 Å². The Kier molecular flexibility index (Phi) is 4.39. The molecular formula is C7H13N3S2. The molecule has 1 N–H and O–H groups in total. The molecule has 0 aliphatic heterocycles. The van der Waals surface area contributed by atoms with E-state index >= 15 is 0 Å². The number of unbranched alkanes of at least 4 members (excludes halogenated alkanes) is 1. The lowest BCUT2D eigenvalue weighted by Gasteiger charge is -1.91. The predicted octanol–water partition coefficient (Wildman–Crippen LogP) is 2.47. The number of aromatic nitrogens is 2. The van der Waals surface area contributed by atoms with Crippen LogP contribution in [0.3, 0.4) is 0 Å². The van der Waals surface area contributed by atoms with Gasteiger partial charge in [-0.3, -0.25) is 0 Å². The van der Waals surface area contributed by atoms with Crippen molar-refractivity contribution < 1.29 is 0 Å². The lowest BCUT2D eigenvalue weighted by molar-refractivity contribution is 0.894. The van der Waals surface area contributed by atoms with Gasteiger partial charge in [0.2, 0.25) is 5.13 Å². The highest BCUT2D eigenvalue weighted by Gasteiger charge is 2.01. The average molecular weight is 203 g/mol. The Morgan fingerprint density at radius 3 is 2.92 bits per heavy atom. The lowest BCUT2D eigenvalue weighted by Crippen LogP contribution is -1.84. The summed E-state index contributed by atoms with van der Waals surface area (Å²) >= 11 is 3.40. The van der Waals surface area contributed by atoms with Crippen LogP contribution < -0.4 is 5.32 Å². The summed E-state index contributed by atoms with van der Waals surface area (Å²) in [5.74, 6) is 1.15. The van der Waals surface area contributed by atoms with Gasteiger partial charge in [-0.2, -0.15) is 0 Å². The molecule has 0 aliphatic carbocycles. The van der Waals surface area contributed by atoms with Crippen LogP contribution in [-0.4, -0.2) is 23.0 Å². The molecular weight excluding hydrogens is 190 g/mol. The van der Waals surface area contributed by atoms with E-state index in [0.29, 0.717) is 0 Å². The maximum atomic E-state index is 4.03.